The van der Waals surface area contributed by atoms with Crippen LogP contribution in [-0.4, -0.2) is 25.7 Å². The zero-order valence-corrected chi connectivity index (χ0v) is 10.4. The lowest BCUT2D eigenvalue weighted by atomic mass is 10.1. The minimum Gasteiger partial charge on any atom is -0.453 e. The number of hydrogen-bond acceptors (Lipinski definition) is 5. The van der Waals surface area contributed by atoms with Crippen LogP contribution >= 0.6 is 0 Å². The summed E-state index contributed by atoms with van der Waals surface area (Å²) in [5.41, 5.74) is 2.80. The van der Waals surface area contributed by atoms with E-state index >= 15 is 0 Å². The monoisotopic (exact) mass is 254 g/mol. The summed E-state index contributed by atoms with van der Waals surface area (Å²) < 4.78 is 16.2. The maximum Gasteiger partial charge on any atom is 0.301 e. The largest absolute Gasteiger partial charge is 0.453 e. The Morgan fingerprint density at radius 3 is 3.17 bits per heavy atom. The first-order chi connectivity index (χ1) is 8.70. The van der Waals surface area contributed by atoms with E-state index in [9.17, 15) is 4.79 Å². The van der Waals surface area contributed by atoms with Crippen molar-refractivity contribution < 1.29 is 18.7 Å². The van der Waals surface area contributed by atoms with Crippen molar-refractivity contribution in [1.82, 2.24) is 5.43 Å². The molecular formula is C12H18N2O4. The second-order valence-electron chi connectivity index (χ2n) is 4.44. The van der Waals surface area contributed by atoms with Crippen molar-refractivity contribution in [3.8, 4) is 0 Å². The molecule has 0 aliphatic carbocycles. The summed E-state index contributed by atoms with van der Waals surface area (Å²) in [6, 6.07) is 1.79. The van der Waals surface area contributed by atoms with Gasteiger partial charge >= 0.3 is 5.91 Å². The van der Waals surface area contributed by atoms with E-state index in [1.165, 1.54) is 0 Å². The number of carbonyl (C=O) groups excluding carboxylic acids is 1. The summed E-state index contributed by atoms with van der Waals surface area (Å²) in [4.78, 5) is 11.3. The van der Waals surface area contributed by atoms with Gasteiger partial charge in [0.1, 0.15) is 12.4 Å². The first-order valence-corrected chi connectivity index (χ1v) is 5.96. The average Bonchev–Trinajstić information content (AvgIpc) is 2.98. The summed E-state index contributed by atoms with van der Waals surface area (Å²) in [5, 5.41) is 0. The number of amides is 1. The van der Waals surface area contributed by atoms with Crippen LogP contribution in [0.25, 0.3) is 0 Å². The van der Waals surface area contributed by atoms with Gasteiger partial charge in [0.25, 0.3) is 0 Å². The number of carbonyl (C=O) groups is 1. The Bertz CT molecular complexity index is 410. The highest BCUT2D eigenvalue weighted by molar-refractivity contribution is 5.92. The van der Waals surface area contributed by atoms with Crippen LogP contribution in [0.2, 0.25) is 0 Å². The molecule has 1 fully saturated rings. The van der Waals surface area contributed by atoms with E-state index < -0.39 is 5.91 Å². The predicted octanol–water partition coefficient (Wildman–Crippen LogP) is 0.745. The number of hydrazine groups is 1. The molecule has 0 aromatic carbocycles. The lowest BCUT2D eigenvalue weighted by molar-refractivity contribution is 0.0676. The quantitative estimate of drug-likeness (QED) is 0.460. The molecule has 6 nitrogen and oxygen atoms in total. The third kappa shape index (κ3) is 3.10. The summed E-state index contributed by atoms with van der Waals surface area (Å²) in [7, 11) is 0. The Labute approximate surface area is 105 Å². The summed E-state index contributed by atoms with van der Waals surface area (Å²) in [6.45, 7) is 4.38. The van der Waals surface area contributed by atoms with Gasteiger partial charge in [-0.15, -0.1) is 0 Å². The molecule has 0 saturated carbocycles. The molecule has 0 spiro atoms. The Morgan fingerprint density at radius 1 is 1.67 bits per heavy atom. The molecule has 2 heterocycles. The molecule has 1 amide bonds. The van der Waals surface area contributed by atoms with E-state index in [1.807, 2.05) is 5.43 Å². The standard InChI is InChI=1S/C12H18N2O4/c1-8-4-10(18-11(8)12(15)14-13)7-17-6-9-2-3-16-5-9/h4,9H,2-3,5-7,13H2,1H3,(H,14,15). The Balaban J connectivity index is 1.83. The van der Waals surface area contributed by atoms with E-state index in [2.05, 4.69) is 0 Å². The number of hydrogen-bond donors (Lipinski definition) is 2. The molecule has 1 aliphatic heterocycles. The molecule has 1 aromatic rings. The Morgan fingerprint density at radius 2 is 2.50 bits per heavy atom. The van der Waals surface area contributed by atoms with Crippen molar-refractivity contribution in [2.24, 2.45) is 11.8 Å². The third-order valence-electron chi connectivity index (χ3n) is 2.93. The van der Waals surface area contributed by atoms with Crippen LogP contribution < -0.4 is 11.3 Å². The molecule has 1 unspecified atom stereocenters. The van der Waals surface area contributed by atoms with Crippen molar-refractivity contribution in [2.75, 3.05) is 19.8 Å². The van der Waals surface area contributed by atoms with Gasteiger partial charge in [-0.25, -0.2) is 5.84 Å². The normalized spacial score (nSPS) is 19.1. The zero-order chi connectivity index (χ0) is 13.0. The molecule has 0 bridgehead atoms. The van der Waals surface area contributed by atoms with Gasteiger partial charge in [-0.05, 0) is 19.4 Å². The van der Waals surface area contributed by atoms with Crippen LogP contribution in [0.5, 0.6) is 0 Å². The van der Waals surface area contributed by atoms with Gasteiger partial charge in [-0.1, -0.05) is 0 Å². The van der Waals surface area contributed by atoms with Crippen LogP contribution in [0.1, 0.15) is 28.3 Å². The van der Waals surface area contributed by atoms with Crippen LogP contribution in [0.3, 0.4) is 0 Å². The lowest BCUT2D eigenvalue weighted by Gasteiger charge is -2.06. The van der Waals surface area contributed by atoms with E-state index in [4.69, 9.17) is 19.7 Å². The van der Waals surface area contributed by atoms with Crippen molar-refractivity contribution >= 4 is 5.91 Å². The predicted molar refractivity (Wildman–Crippen MR) is 63.7 cm³/mol. The van der Waals surface area contributed by atoms with Gasteiger partial charge in [-0.3, -0.25) is 10.2 Å². The highest BCUT2D eigenvalue weighted by Crippen LogP contribution is 2.17. The van der Waals surface area contributed by atoms with Gasteiger partial charge in [0.2, 0.25) is 0 Å². The number of furan rings is 1. The molecule has 1 saturated heterocycles. The average molecular weight is 254 g/mol. The van der Waals surface area contributed by atoms with Gasteiger partial charge < -0.3 is 13.9 Å². The molecule has 1 aromatic heterocycles. The van der Waals surface area contributed by atoms with Crippen molar-refractivity contribution in [1.29, 1.82) is 0 Å². The maximum absolute atomic E-state index is 11.3. The molecule has 2 rings (SSSR count). The fourth-order valence-corrected chi connectivity index (χ4v) is 1.95. The summed E-state index contributed by atoms with van der Waals surface area (Å²) >= 11 is 0. The molecule has 6 heteroatoms. The highest BCUT2D eigenvalue weighted by atomic mass is 16.5. The van der Waals surface area contributed by atoms with Gasteiger partial charge in [-0.2, -0.15) is 0 Å². The number of rotatable bonds is 5. The fraction of sp³-hybridized carbons (Fsp3) is 0.583. The minimum absolute atomic E-state index is 0.236. The number of nitrogens with two attached hydrogens (primary N) is 1. The third-order valence-corrected chi connectivity index (χ3v) is 2.93. The topological polar surface area (TPSA) is 86.7 Å². The Kier molecular flexibility index (Phi) is 4.35. The molecule has 0 radical (unpaired) electrons. The Hall–Kier alpha value is -1.37. The summed E-state index contributed by atoms with van der Waals surface area (Å²) in [5.74, 6) is 5.96. The summed E-state index contributed by atoms with van der Waals surface area (Å²) in [6.07, 6.45) is 1.04. The smallest absolute Gasteiger partial charge is 0.301 e. The molecule has 1 atom stereocenters. The van der Waals surface area contributed by atoms with E-state index in [-0.39, 0.29) is 5.76 Å². The van der Waals surface area contributed by atoms with Gasteiger partial charge in [0.05, 0.1) is 13.2 Å². The van der Waals surface area contributed by atoms with Crippen LogP contribution in [-0.2, 0) is 16.1 Å². The van der Waals surface area contributed by atoms with Crippen molar-refractivity contribution in [2.45, 2.75) is 20.0 Å². The van der Waals surface area contributed by atoms with Crippen molar-refractivity contribution in [3.63, 3.8) is 0 Å². The molecular weight excluding hydrogens is 236 g/mol. The van der Waals surface area contributed by atoms with Crippen molar-refractivity contribution in [3.05, 3.63) is 23.2 Å². The number of nitrogens with one attached hydrogen (secondary N) is 1. The highest BCUT2D eigenvalue weighted by Gasteiger charge is 2.17. The fourth-order valence-electron chi connectivity index (χ4n) is 1.95. The first-order valence-electron chi connectivity index (χ1n) is 5.96. The first kappa shape index (κ1) is 13.1. The minimum atomic E-state index is -0.428. The van der Waals surface area contributed by atoms with Gasteiger partial charge in [0.15, 0.2) is 5.76 Å². The second-order valence-corrected chi connectivity index (χ2v) is 4.44. The van der Waals surface area contributed by atoms with Gasteiger partial charge in [0, 0.05) is 18.1 Å². The van der Waals surface area contributed by atoms with Crippen LogP contribution in [0.4, 0.5) is 0 Å². The lowest BCUT2D eigenvalue weighted by Crippen LogP contribution is -2.30. The molecule has 1 aliphatic rings. The maximum atomic E-state index is 11.3. The number of nitrogen functional groups attached to an aromatic ring is 1. The molecule has 100 valence electrons. The zero-order valence-electron chi connectivity index (χ0n) is 10.4. The number of aryl methyl sites for hydroxylation is 1. The van der Waals surface area contributed by atoms with E-state index in [0.29, 0.717) is 24.9 Å². The SMILES string of the molecule is Cc1cc(COCC2CCOC2)oc1C(=O)NN. The number of ether oxygens (including phenoxy) is 2. The van der Waals surface area contributed by atoms with E-state index in [0.717, 1.165) is 25.2 Å². The molecule has 3 N–H and O–H groups in total. The van der Waals surface area contributed by atoms with Crippen LogP contribution in [0.15, 0.2) is 10.5 Å². The van der Waals surface area contributed by atoms with E-state index in [1.54, 1.807) is 13.0 Å². The molecule has 18 heavy (non-hydrogen) atoms. The van der Waals surface area contributed by atoms with Crippen LogP contribution in [0, 0.1) is 12.8 Å². The second kappa shape index (κ2) is 5.99.